The first-order valence-electron chi connectivity index (χ1n) is 8.94. The SMILES string of the molecule is O=C(NCCOc1ccc2c(c1)OCO2)N(C[C@H]1CCOC1)C1CC1. The van der Waals surface area contributed by atoms with Gasteiger partial charge in [0.05, 0.1) is 13.2 Å². The monoisotopic (exact) mass is 348 g/mol. The van der Waals surface area contributed by atoms with Gasteiger partial charge >= 0.3 is 6.03 Å². The molecule has 1 aliphatic carbocycles. The van der Waals surface area contributed by atoms with Crippen LogP contribution in [0, 0.1) is 5.92 Å². The Kier molecular flexibility index (Phi) is 4.83. The highest BCUT2D eigenvalue weighted by Gasteiger charge is 2.34. The fraction of sp³-hybridized carbons (Fsp3) is 0.611. The predicted molar refractivity (Wildman–Crippen MR) is 90.1 cm³/mol. The molecule has 0 unspecified atom stereocenters. The summed E-state index contributed by atoms with van der Waals surface area (Å²) in [5, 5.41) is 2.97. The number of nitrogens with zero attached hydrogens (tertiary/aromatic N) is 1. The van der Waals surface area contributed by atoms with Gasteiger partial charge in [0.1, 0.15) is 12.4 Å². The first kappa shape index (κ1) is 16.3. The molecule has 1 aromatic carbocycles. The molecule has 136 valence electrons. The minimum Gasteiger partial charge on any atom is -0.492 e. The summed E-state index contributed by atoms with van der Waals surface area (Å²) in [6.07, 6.45) is 3.26. The van der Waals surface area contributed by atoms with Crippen LogP contribution in [0.15, 0.2) is 18.2 Å². The number of hydrogen-bond acceptors (Lipinski definition) is 5. The first-order chi connectivity index (χ1) is 12.3. The van der Waals surface area contributed by atoms with Crippen LogP contribution in [-0.4, -0.2) is 56.7 Å². The normalized spacial score (nSPS) is 21.2. The number of rotatable bonds is 7. The van der Waals surface area contributed by atoms with Crippen LogP contribution in [0.5, 0.6) is 17.2 Å². The van der Waals surface area contributed by atoms with E-state index >= 15 is 0 Å². The Bertz CT molecular complexity index is 613. The Morgan fingerprint density at radius 3 is 2.92 bits per heavy atom. The van der Waals surface area contributed by atoms with E-state index in [1.807, 2.05) is 17.0 Å². The third-order valence-corrected chi connectivity index (χ3v) is 4.72. The highest BCUT2D eigenvalue weighted by molar-refractivity contribution is 5.74. The van der Waals surface area contributed by atoms with Gasteiger partial charge in [0.15, 0.2) is 11.5 Å². The van der Waals surface area contributed by atoms with E-state index in [1.165, 1.54) is 0 Å². The van der Waals surface area contributed by atoms with Crippen LogP contribution >= 0.6 is 0 Å². The number of urea groups is 1. The topological polar surface area (TPSA) is 69.3 Å². The van der Waals surface area contributed by atoms with Gasteiger partial charge in [-0.3, -0.25) is 0 Å². The lowest BCUT2D eigenvalue weighted by Crippen LogP contribution is -2.45. The van der Waals surface area contributed by atoms with Gasteiger partial charge in [0, 0.05) is 31.2 Å². The van der Waals surface area contributed by atoms with Crippen molar-refractivity contribution in [1.82, 2.24) is 10.2 Å². The van der Waals surface area contributed by atoms with Crippen LogP contribution in [0.1, 0.15) is 19.3 Å². The molecule has 2 amide bonds. The molecule has 2 aliphatic heterocycles. The molecule has 1 saturated heterocycles. The first-order valence-corrected chi connectivity index (χ1v) is 8.94. The Balaban J connectivity index is 1.21. The third-order valence-electron chi connectivity index (χ3n) is 4.72. The largest absolute Gasteiger partial charge is 0.492 e. The fourth-order valence-electron chi connectivity index (χ4n) is 3.18. The molecule has 7 heteroatoms. The Morgan fingerprint density at radius 1 is 1.24 bits per heavy atom. The highest BCUT2D eigenvalue weighted by atomic mass is 16.7. The molecule has 7 nitrogen and oxygen atoms in total. The van der Waals surface area contributed by atoms with Crippen molar-refractivity contribution in [3.63, 3.8) is 0 Å². The van der Waals surface area contributed by atoms with Crippen LogP contribution in [-0.2, 0) is 4.74 Å². The smallest absolute Gasteiger partial charge is 0.317 e. The molecule has 0 spiro atoms. The maximum absolute atomic E-state index is 12.5. The van der Waals surface area contributed by atoms with E-state index in [0.717, 1.165) is 44.8 Å². The van der Waals surface area contributed by atoms with Crippen molar-refractivity contribution in [2.75, 3.05) is 39.7 Å². The second kappa shape index (κ2) is 7.39. The highest BCUT2D eigenvalue weighted by Crippen LogP contribution is 2.35. The van der Waals surface area contributed by atoms with Crippen molar-refractivity contribution >= 4 is 6.03 Å². The third kappa shape index (κ3) is 4.10. The maximum Gasteiger partial charge on any atom is 0.317 e. The van der Waals surface area contributed by atoms with Gasteiger partial charge in [0.2, 0.25) is 6.79 Å². The van der Waals surface area contributed by atoms with Gasteiger partial charge in [-0.25, -0.2) is 4.79 Å². The van der Waals surface area contributed by atoms with E-state index < -0.39 is 0 Å². The Labute approximate surface area is 147 Å². The second-order valence-electron chi connectivity index (χ2n) is 6.71. The maximum atomic E-state index is 12.5. The van der Waals surface area contributed by atoms with Gasteiger partial charge in [-0.05, 0) is 31.4 Å². The summed E-state index contributed by atoms with van der Waals surface area (Å²) in [5.41, 5.74) is 0. The minimum absolute atomic E-state index is 0.00341. The fourth-order valence-corrected chi connectivity index (χ4v) is 3.18. The summed E-state index contributed by atoms with van der Waals surface area (Å²) in [6, 6.07) is 5.88. The molecule has 1 N–H and O–H groups in total. The molecule has 2 fully saturated rings. The summed E-state index contributed by atoms with van der Waals surface area (Å²) in [6.45, 7) is 3.50. The van der Waals surface area contributed by atoms with Crippen molar-refractivity contribution in [3.8, 4) is 17.2 Å². The number of nitrogens with one attached hydrogen (secondary N) is 1. The van der Waals surface area contributed by atoms with Crippen LogP contribution in [0.3, 0.4) is 0 Å². The summed E-state index contributed by atoms with van der Waals surface area (Å²) in [4.78, 5) is 14.4. The summed E-state index contributed by atoms with van der Waals surface area (Å²) < 4.78 is 21.7. The van der Waals surface area contributed by atoms with Crippen LogP contribution in [0.4, 0.5) is 4.79 Å². The Morgan fingerprint density at radius 2 is 2.12 bits per heavy atom. The Hall–Kier alpha value is -2.15. The van der Waals surface area contributed by atoms with Crippen LogP contribution in [0.2, 0.25) is 0 Å². The van der Waals surface area contributed by atoms with Gasteiger partial charge in [-0.15, -0.1) is 0 Å². The van der Waals surface area contributed by atoms with Crippen molar-refractivity contribution in [2.24, 2.45) is 5.92 Å². The molecule has 0 radical (unpaired) electrons. The average Bonchev–Trinajstić information content (AvgIpc) is 3.13. The lowest BCUT2D eigenvalue weighted by atomic mass is 10.1. The van der Waals surface area contributed by atoms with E-state index in [1.54, 1.807) is 6.07 Å². The number of carbonyl (C=O) groups is 1. The standard InChI is InChI=1S/C18H24N2O5/c21-18(20(14-1-2-14)10-13-5-7-22-11-13)19-6-8-23-15-3-4-16-17(9-15)25-12-24-16/h3-4,9,13-14H,1-2,5-8,10-12H2,(H,19,21)/t13-/m1/s1. The van der Waals surface area contributed by atoms with Crippen molar-refractivity contribution in [1.29, 1.82) is 0 Å². The van der Waals surface area contributed by atoms with Crippen molar-refractivity contribution < 1.29 is 23.7 Å². The van der Waals surface area contributed by atoms with Crippen molar-refractivity contribution in [3.05, 3.63) is 18.2 Å². The molecule has 4 rings (SSSR count). The summed E-state index contributed by atoms with van der Waals surface area (Å²) in [5.74, 6) is 2.61. The molecule has 1 atom stereocenters. The molecule has 1 saturated carbocycles. The van der Waals surface area contributed by atoms with Crippen LogP contribution < -0.4 is 19.5 Å². The number of benzene rings is 1. The van der Waals surface area contributed by atoms with Gasteiger partial charge in [0.25, 0.3) is 0 Å². The quantitative estimate of drug-likeness (QED) is 0.764. The number of hydrogen-bond donors (Lipinski definition) is 1. The lowest BCUT2D eigenvalue weighted by molar-refractivity contribution is 0.161. The predicted octanol–water partition coefficient (Wildman–Crippen LogP) is 2.00. The number of amides is 2. The molecule has 1 aromatic rings. The van der Waals surface area contributed by atoms with E-state index in [9.17, 15) is 4.79 Å². The number of ether oxygens (including phenoxy) is 4. The number of fused-ring (bicyclic) bond motifs is 1. The lowest BCUT2D eigenvalue weighted by Gasteiger charge is -2.25. The second-order valence-corrected chi connectivity index (χ2v) is 6.71. The van der Waals surface area contributed by atoms with Gasteiger partial charge < -0.3 is 29.2 Å². The zero-order chi connectivity index (χ0) is 17.1. The molecule has 0 aromatic heterocycles. The number of carbonyl (C=O) groups excluding carboxylic acids is 1. The summed E-state index contributed by atoms with van der Waals surface area (Å²) in [7, 11) is 0. The van der Waals surface area contributed by atoms with E-state index in [-0.39, 0.29) is 12.8 Å². The average molecular weight is 348 g/mol. The van der Waals surface area contributed by atoms with Gasteiger partial charge in [-0.2, -0.15) is 0 Å². The molecular formula is C18H24N2O5. The van der Waals surface area contributed by atoms with Crippen LogP contribution in [0.25, 0.3) is 0 Å². The van der Waals surface area contributed by atoms with E-state index in [4.69, 9.17) is 18.9 Å². The summed E-state index contributed by atoms with van der Waals surface area (Å²) >= 11 is 0. The molecular weight excluding hydrogens is 324 g/mol. The van der Waals surface area contributed by atoms with E-state index in [0.29, 0.717) is 36.6 Å². The zero-order valence-corrected chi connectivity index (χ0v) is 14.2. The molecule has 3 aliphatic rings. The van der Waals surface area contributed by atoms with Crippen molar-refractivity contribution in [2.45, 2.75) is 25.3 Å². The molecule has 0 bridgehead atoms. The zero-order valence-electron chi connectivity index (χ0n) is 14.2. The van der Waals surface area contributed by atoms with Gasteiger partial charge in [-0.1, -0.05) is 0 Å². The minimum atomic E-state index is 0.00341. The van der Waals surface area contributed by atoms with E-state index in [2.05, 4.69) is 5.32 Å². The molecule has 25 heavy (non-hydrogen) atoms. The molecule has 2 heterocycles.